The number of primary amides is 1. The van der Waals surface area contributed by atoms with Crippen LogP contribution in [0.4, 0.5) is 0 Å². The lowest BCUT2D eigenvalue weighted by Gasteiger charge is -2.30. The van der Waals surface area contributed by atoms with Crippen LogP contribution in [-0.2, 0) is 11.2 Å². The van der Waals surface area contributed by atoms with Gasteiger partial charge in [-0.05, 0) is 44.4 Å². The third-order valence-electron chi connectivity index (χ3n) is 3.27. The molecule has 1 aromatic carbocycles. The van der Waals surface area contributed by atoms with Crippen LogP contribution in [0.3, 0.4) is 0 Å². The van der Waals surface area contributed by atoms with E-state index in [0.717, 1.165) is 11.4 Å². The Morgan fingerprint density at radius 3 is 2.44 bits per heavy atom. The predicted octanol–water partition coefficient (Wildman–Crippen LogP) is 2.51. The monoisotopic (exact) mass is 268 g/mol. The van der Waals surface area contributed by atoms with E-state index in [1.54, 1.807) is 0 Å². The first-order valence-corrected chi connectivity index (χ1v) is 6.57. The molecule has 2 atom stereocenters. The van der Waals surface area contributed by atoms with E-state index in [4.69, 9.17) is 17.3 Å². The molecule has 4 heteroatoms. The molecule has 0 aliphatic rings. The summed E-state index contributed by atoms with van der Waals surface area (Å²) in [6.07, 6.45) is 1.51. The predicted molar refractivity (Wildman–Crippen MR) is 75.6 cm³/mol. The molecular weight excluding hydrogens is 248 g/mol. The van der Waals surface area contributed by atoms with Crippen LogP contribution < -0.4 is 11.1 Å². The molecule has 1 aromatic rings. The van der Waals surface area contributed by atoms with Gasteiger partial charge in [-0.3, -0.25) is 4.79 Å². The number of benzene rings is 1. The van der Waals surface area contributed by atoms with Gasteiger partial charge in [-0.15, -0.1) is 0 Å². The fourth-order valence-corrected chi connectivity index (χ4v) is 2.04. The van der Waals surface area contributed by atoms with Gasteiger partial charge in [0, 0.05) is 11.1 Å². The minimum Gasteiger partial charge on any atom is -0.368 e. The normalized spacial score (nSPS) is 16.0. The molecule has 3 nitrogen and oxygen atoms in total. The summed E-state index contributed by atoms with van der Waals surface area (Å²) in [4.78, 5) is 11.4. The number of hydrogen-bond acceptors (Lipinski definition) is 2. The summed E-state index contributed by atoms with van der Waals surface area (Å²) in [5, 5.41) is 4.03. The number of amides is 1. The van der Waals surface area contributed by atoms with Gasteiger partial charge >= 0.3 is 0 Å². The molecule has 0 radical (unpaired) electrons. The largest absolute Gasteiger partial charge is 0.368 e. The van der Waals surface area contributed by atoms with Crippen LogP contribution in [0, 0.1) is 0 Å². The summed E-state index contributed by atoms with van der Waals surface area (Å²) in [6, 6.07) is 7.90. The quantitative estimate of drug-likeness (QED) is 0.833. The van der Waals surface area contributed by atoms with Gasteiger partial charge in [0.1, 0.15) is 0 Å². The smallest absolute Gasteiger partial charge is 0.237 e. The van der Waals surface area contributed by atoms with Gasteiger partial charge in [0.2, 0.25) is 5.91 Å². The molecule has 1 rings (SSSR count). The van der Waals surface area contributed by atoms with Crippen LogP contribution in [0.5, 0.6) is 0 Å². The van der Waals surface area contributed by atoms with Crippen LogP contribution in [0.2, 0.25) is 5.02 Å². The van der Waals surface area contributed by atoms with Crippen molar-refractivity contribution >= 4 is 17.5 Å². The summed E-state index contributed by atoms with van der Waals surface area (Å²) < 4.78 is 0. The van der Waals surface area contributed by atoms with Crippen molar-refractivity contribution in [3.63, 3.8) is 0 Å². The number of halogens is 1. The maximum atomic E-state index is 11.4. The van der Waals surface area contributed by atoms with Crippen LogP contribution in [-0.4, -0.2) is 17.5 Å². The van der Waals surface area contributed by atoms with Crippen LogP contribution >= 0.6 is 11.6 Å². The van der Waals surface area contributed by atoms with E-state index in [9.17, 15) is 4.79 Å². The SMILES string of the molecule is CCC(C)(NC(C)Cc1ccc(Cl)cc1)C(N)=O. The van der Waals surface area contributed by atoms with Crippen molar-refractivity contribution in [3.05, 3.63) is 34.9 Å². The lowest BCUT2D eigenvalue weighted by atomic mass is 9.95. The summed E-state index contributed by atoms with van der Waals surface area (Å²) in [7, 11) is 0. The van der Waals surface area contributed by atoms with E-state index in [1.165, 1.54) is 5.56 Å². The third kappa shape index (κ3) is 4.00. The Hall–Kier alpha value is -1.06. The Morgan fingerprint density at radius 2 is 2.00 bits per heavy atom. The average molecular weight is 269 g/mol. The minimum atomic E-state index is -0.647. The van der Waals surface area contributed by atoms with Gasteiger partial charge < -0.3 is 11.1 Å². The van der Waals surface area contributed by atoms with E-state index in [2.05, 4.69) is 5.32 Å². The zero-order chi connectivity index (χ0) is 13.8. The van der Waals surface area contributed by atoms with Crippen molar-refractivity contribution in [2.24, 2.45) is 5.73 Å². The number of nitrogens with two attached hydrogens (primary N) is 1. The second kappa shape index (κ2) is 6.21. The molecule has 2 unspecified atom stereocenters. The van der Waals surface area contributed by atoms with Crippen LogP contribution in [0.25, 0.3) is 0 Å². The summed E-state index contributed by atoms with van der Waals surface area (Å²) in [5.74, 6) is -0.312. The summed E-state index contributed by atoms with van der Waals surface area (Å²) in [6.45, 7) is 5.84. The topological polar surface area (TPSA) is 55.1 Å². The molecule has 0 spiro atoms. The van der Waals surface area contributed by atoms with Crippen molar-refractivity contribution < 1.29 is 4.79 Å². The highest BCUT2D eigenvalue weighted by atomic mass is 35.5. The van der Waals surface area contributed by atoms with E-state index in [-0.39, 0.29) is 11.9 Å². The minimum absolute atomic E-state index is 0.170. The van der Waals surface area contributed by atoms with Crippen molar-refractivity contribution in [2.45, 2.75) is 45.2 Å². The first-order chi connectivity index (χ1) is 8.37. The summed E-state index contributed by atoms with van der Waals surface area (Å²) in [5.41, 5.74) is 5.96. The maximum Gasteiger partial charge on any atom is 0.237 e. The number of carbonyl (C=O) groups is 1. The van der Waals surface area contributed by atoms with E-state index in [0.29, 0.717) is 6.42 Å². The highest BCUT2D eigenvalue weighted by molar-refractivity contribution is 6.30. The Bertz CT molecular complexity index is 405. The zero-order valence-electron chi connectivity index (χ0n) is 11.2. The lowest BCUT2D eigenvalue weighted by molar-refractivity contribution is -0.124. The molecule has 0 saturated heterocycles. The Labute approximate surface area is 114 Å². The molecule has 1 amide bonds. The molecule has 0 saturated carbocycles. The van der Waals surface area contributed by atoms with Crippen LogP contribution in [0.1, 0.15) is 32.8 Å². The van der Waals surface area contributed by atoms with Gasteiger partial charge in [-0.25, -0.2) is 0 Å². The second-order valence-corrected chi connectivity index (χ2v) is 5.36. The molecule has 100 valence electrons. The average Bonchev–Trinajstić information content (AvgIpc) is 2.31. The van der Waals surface area contributed by atoms with E-state index in [1.807, 2.05) is 45.0 Å². The number of carbonyl (C=O) groups excluding carboxylic acids is 1. The fourth-order valence-electron chi connectivity index (χ4n) is 1.92. The first-order valence-electron chi connectivity index (χ1n) is 6.19. The molecule has 0 heterocycles. The van der Waals surface area contributed by atoms with E-state index >= 15 is 0 Å². The molecular formula is C14H21ClN2O. The summed E-state index contributed by atoms with van der Waals surface area (Å²) >= 11 is 5.84. The van der Waals surface area contributed by atoms with Crippen LogP contribution in [0.15, 0.2) is 24.3 Å². The van der Waals surface area contributed by atoms with E-state index < -0.39 is 5.54 Å². The molecule has 3 N–H and O–H groups in total. The molecule has 0 aromatic heterocycles. The Balaban J connectivity index is 2.63. The second-order valence-electron chi connectivity index (χ2n) is 4.93. The van der Waals surface area contributed by atoms with Gasteiger partial charge in [-0.1, -0.05) is 30.7 Å². The third-order valence-corrected chi connectivity index (χ3v) is 3.52. The van der Waals surface area contributed by atoms with Crippen molar-refractivity contribution in [1.82, 2.24) is 5.32 Å². The van der Waals surface area contributed by atoms with Gasteiger partial charge in [-0.2, -0.15) is 0 Å². The number of nitrogens with one attached hydrogen (secondary N) is 1. The zero-order valence-corrected chi connectivity index (χ0v) is 11.9. The number of rotatable bonds is 6. The Morgan fingerprint density at radius 1 is 1.44 bits per heavy atom. The maximum absolute atomic E-state index is 11.4. The first kappa shape index (κ1) is 15.0. The van der Waals surface area contributed by atoms with Crippen molar-refractivity contribution in [1.29, 1.82) is 0 Å². The van der Waals surface area contributed by atoms with Gasteiger partial charge in [0.05, 0.1) is 5.54 Å². The highest BCUT2D eigenvalue weighted by Gasteiger charge is 2.29. The number of hydrogen-bond donors (Lipinski definition) is 2. The molecule has 18 heavy (non-hydrogen) atoms. The van der Waals surface area contributed by atoms with Crippen molar-refractivity contribution in [2.75, 3.05) is 0 Å². The molecule has 0 aliphatic carbocycles. The highest BCUT2D eigenvalue weighted by Crippen LogP contribution is 2.14. The molecule has 0 aliphatic heterocycles. The molecule has 0 fully saturated rings. The van der Waals surface area contributed by atoms with Crippen molar-refractivity contribution in [3.8, 4) is 0 Å². The fraction of sp³-hybridized carbons (Fsp3) is 0.500. The lowest BCUT2D eigenvalue weighted by Crippen LogP contribution is -2.56. The Kier molecular flexibility index (Phi) is 5.17. The molecule has 0 bridgehead atoms. The standard InChI is InChI=1S/C14H21ClN2O/c1-4-14(3,13(16)18)17-10(2)9-11-5-7-12(15)8-6-11/h5-8,10,17H,4,9H2,1-3H3,(H2,16,18). The van der Waals surface area contributed by atoms with Gasteiger partial charge in [0.25, 0.3) is 0 Å². The van der Waals surface area contributed by atoms with Gasteiger partial charge in [0.15, 0.2) is 0 Å².